The molecule has 0 aliphatic rings. The zero-order valence-electron chi connectivity index (χ0n) is 9.01. The average molecular weight is 241 g/mol. The summed E-state index contributed by atoms with van der Waals surface area (Å²) >= 11 is 0. The molecule has 0 aliphatic heterocycles. The Morgan fingerprint density at radius 1 is 1.18 bits per heavy atom. The van der Waals surface area contributed by atoms with Crippen molar-refractivity contribution in [3.05, 3.63) is 58.8 Å². The lowest BCUT2D eigenvalue weighted by Gasteiger charge is -2.13. The van der Waals surface area contributed by atoms with E-state index >= 15 is 0 Å². The van der Waals surface area contributed by atoms with E-state index in [0.29, 0.717) is 23.5 Å². The fourth-order valence-electron chi connectivity index (χ4n) is 1.72. The maximum atomic E-state index is 13.5. The summed E-state index contributed by atoms with van der Waals surface area (Å²) in [5, 5.41) is 0. The minimum Gasteiger partial charge on any atom is -0.469 e. The van der Waals surface area contributed by atoms with Crippen LogP contribution in [0.3, 0.4) is 0 Å². The number of furan rings is 1. The maximum absolute atomic E-state index is 13.5. The lowest BCUT2D eigenvalue weighted by molar-refractivity contribution is 0.506. The molecule has 0 radical (unpaired) electrons. The van der Waals surface area contributed by atoms with Crippen LogP contribution in [-0.4, -0.2) is 0 Å². The van der Waals surface area contributed by atoms with Gasteiger partial charge in [-0.15, -0.1) is 0 Å². The van der Waals surface area contributed by atoms with Gasteiger partial charge in [0, 0.05) is 23.3 Å². The molecule has 0 saturated carbocycles. The van der Waals surface area contributed by atoms with Crippen molar-refractivity contribution in [1.29, 1.82) is 0 Å². The number of halogens is 3. The summed E-state index contributed by atoms with van der Waals surface area (Å²) in [6.45, 7) is 1.63. The van der Waals surface area contributed by atoms with E-state index in [1.54, 1.807) is 6.92 Å². The number of hydrogen-bond donors (Lipinski definition) is 1. The van der Waals surface area contributed by atoms with Crippen LogP contribution in [0.15, 0.2) is 28.9 Å². The van der Waals surface area contributed by atoms with Gasteiger partial charge in [0.25, 0.3) is 0 Å². The van der Waals surface area contributed by atoms with Gasteiger partial charge in [-0.1, -0.05) is 0 Å². The van der Waals surface area contributed by atoms with Crippen LogP contribution >= 0.6 is 0 Å². The first-order valence-corrected chi connectivity index (χ1v) is 4.94. The predicted molar refractivity (Wildman–Crippen MR) is 55.8 cm³/mol. The molecule has 0 fully saturated rings. The van der Waals surface area contributed by atoms with Crippen LogP contribution < -0.4 is 5.73 Å². The fraction of sp³-hybridized carbons (Fsp3) is 0.167. The highest BCUT2D eigenvalue weighted by Crippen LogP contribution is 2.28. The smallest absolute Gasteiger partial charge is 0.134 e. The first-order valence-electron chi connectivity index (χ1n) is 4.94. The van der Waals surface area contributed by atoms with Crippen LogP contribution in [0.4, 0.5) is 13.2 Å². The highest BCUT2D eigenvalue weighted by atomic mass is 19.1. The lowest BCUT2D eigenvalue weighted by Crippen LogP contribution is -2.16. The SMILES string of the molecule is Cc1occc1C(N)c1c(F)cc(F)cc1F. The Morgan fingerprint density at radius 2 is 1.76 bits per heavy atom. The van der Waals surface area contributed by atoms with Crippen molar-refractivity contribution in [2.75, 3.05) is 0 Å². The second-order valence-electron chi connectivity index (χ2n) is 3.69. The molecule has 1 heterocycles. The molecule has 2 aromatic rings. The summed E-state index contributed by atoms with van der Waals surface area (Å²) in [4.78, 5) is 0. The van der Waals surface area contributed by atoms with Crippen molar-refractivity contribution in [2.24, 2.45) is 5.73 Å². The van der Waals surface area contributed by atoms with Crippen molar-refractivity contribution in [1.82, 2.24) is 0 Å². The summed E-state index contributed by atoms with van der Waals surface area (Å²) in [6.07, 6.45) is 1.38. The van der Waals surface area contributed by atoms with Crippen molar-refractivity contribution in [3.8, 4) is 0 Å². The average Bonchev–Trinajstić information content (AvgIpc) is 2.62. The molecule has 2 rings (SSSR count). The Hall–Kier alpha value is -1.75. The zero-order chi connectivity index (χ0) is 12.6. The van der Waals surface area contributed by atoms with Gasteiger partial charge in [-0.3, -0.25) is 0 Å². The van der Waals surface area contributed by atoms with Crippen LogP contribution in [0.25, 0.3) is 0 Å². The zero-order valence-corrected chi connectivity index (χ0v) is 9.01. The van der Waals surface area contributed by atoms with Crippen LogP contribution in [0.2, 0.25) is 0 Å². The minimum absolute atomic E-state index is 0.365. The molecule has 1 atom stereocenters. The van der Waals surface area contributed by atoms with Crippen LogP contribution in [-0.2, 0) is 0 Å². The topological polar surface area (TPSA) is 39.2 Å². The van der Waals surface area contributed by atoms with Crippen LogP contribution in [0, 0.1) is 24.4 Å². The second-order valence-corrected chi connectivity index (χ2v) is 3.69. The Morgan fingerprint density at radius 3 is 2.24 bits per heavy atom. The number of aryl methyl sites for hydroxylation is 1. The van der Waals surface area contributed by atoms with Gasteiger partial charge in [-0.05, 0) is 13.0 Å². The number of hydrogen-bond acceptors (Lipinski definition) is 2. The molecule has 0 saturated heterocycles. The molecule has 1 aromatic carbocycles. The van der Waals surface area contributed by atoms with Gasteiger partial charge in [0.05, 0.1) is 12.3 Å². The first-order chi connectivity index (χ1) is 8.00. The molecule has 2 N–H and O–H groups in total. The third kappa shape index (κ3) is 2.06. The summed E-state index contributed by atoms with van der Waals surface area (Å²) in [7, 11) is 0. The van der Waals surface area contributed by atoms with E-state index in [9.17, 15) is 13.2 Å². The van der Waals surface area contributed by atoms with Gasteiger partial charge in [0.2, 0.25) is 0 Å². The first kappa shape index (κ1) is 11.7. The monoisotopic (exact) mass is 241 g/mol. The molecule has 17 heavy (non-hydrogen) atoms. The molecule has 0 aliphatic carbocycles. The number of benzene rings is 1. The van der Waals surface area contributed by atoms with Crippen molar-refractivity contribution in [3.63, 3.8) is 0 Å². The van der Waals surface area contributed by atoms with E-state index in [1.165, 1.54) is 12.3 Å². The highest BCUT2D eigenvalue weighted by molar-refractivity contribution is 5.34. The number of nitrogens with two attached hydrogens (primary N) is 1. The summed E-state index contributed by atoms with van der Waals surface area (Å²) in [5.41, 5.74) is 5.85. The van der Waals surface area contributed by atoms with E-state index < -0.39 is 23.5 Å². The van der Waals surface area contributed by atoms with Crippen LogP contribution in [0.1, 0.15) is 22.9 Å². The molecule has 0 bridgehead atoms. The molecule has 0 spiro atoms. The summed E-state index contributed by atoms with van der Waals surface area (Å²) < 4.78 is 44.8. The summed E-state index contributed by atoms with van der Waals surface area (Å²) in [5.74, 6) is -2.51. The molecule has 0 amide bonds. The van der Waals surface area contributed by atoms with Crippen molar-refractivity contribution < 1.29 is 17.6 Å². The van der Waals surface area contributed by atoms with E-state index in [4.69, 9.17) is 10.2 Å². The predicted octanol–water partition coefficient (Wildman–Crippen LogP) is 3.05. The van der Waals surface area contributed by atoms with Gasteiger partial charge < -0.3 is 10.2 Å². The van der Waals surface area contributed by atoms with Crippen molar-refractivity contribution in [2.45, 2.75) is 13.0 Å². The third-order valence-electron chi connectivity index (χ3n) is 2.59. The molecule has 2 nitrogen and oxygen atoms in total. The van der Waals surface area contributed by atoms with Gasteiger partial charge in [-0.2, -0.15) is 0 Å². The maximum Gasteiger partial charge on any atom is 0.134 e. The highest BCUT2D eigenvalue weighted by Gasteiger charge is 2.22. The Labute approximate surface area is 95.8 Å². The molecule has 5 heteroatoms. The molecule has 90 valence electrons. The van der Waals surface area contributed by atoms with Crippen molar-refractivity contribution >= 4 is 0 Å². The lowest BCUT2D eigenvalue weighted by atomic mass is 9.99. The summed E-state index contributed by atoms with van der Waals surface area (Å²) in [6, 6.07) is 1.72. The Bertz CT molecular complexity index is 527. The van der Waals surface area contributed by atoms with Crippen LogP contribution in [0.5, 0.6) is 0 Å². The molecule has 1 unspecified atom stereocenters. The van der Waals surface area contributed by atoms with Gasteiger partial charge >= 0.3 is 0 Å². The quantitative estimate of drug-likeness (QED) is 0.877. The molecular weight excluding hydrogens is 231 g/mol. The van der Waals surface area contributed by atoms with Gasteiger partial charge in [0.15, 0.2) is 0 Å². The van der Waals surface area contributed by atoms with E-state index in [0.717, 1.165) is 0 Å². The fourth-order valence-corrected chi connectivity index (χ4v) is 1.72. The molecular formula is C12H10F3NO. The van der Waals surface area contributed by atoms with E-state index in [1.807, 2.05) is 0 Å². The van der Waals surface area contributed by atoms with Gasteiger partial charge in [-0.25, -0.2) is 13.2 Å². The Balaban J connectivity index is 2.51. The van der Waals surface area contributed by atoms with E-state index in [2.05, 4.69) is 0 Å². The molecule has 1 aromatic heterocycles. The standard InChI is InChI=1S/C12H10F3NO/c1-6-8(2-3-17-6)12(16)11-9(14)4-7(13)5-10(11)15/h2-5,12H,16H2,1H3. The largest absolute Gasteiger partial charge is 0.469 e. The minimum atomic E-state index is -1.02. The second kappa shape index (κ2) is 4.25. The Kier molecular flexibility index (Phi) is 2.93. The van der Waals surface area contributed by atoms with E-state index in [-0.39, 0.29) is 5.56 Å². The third-order valence-corrected chi connectivity index (χ3v) is 2.59. The normalized spacial score (nSPS) is 12.8. The number of rotatable bonds is 2. The van der Waals surface area contributed by atoms with Gasteiger partial charge in [0.1, 0.15) is 23.2 Å².